The average Bonchev–Trinajstić information content (AvgIpc) is 2.15. The Morgan fingerprint density at radius 3 is 2.73 bits per heavy atom. The second-order valence-corrected chi connectivity index (χ2v) is 3.26. The minimum Gasteiger partial charge on any atom is -0.493 e. The fraction of sp³-hybridized carbons (Fsp3) is 0.222. The lowest BCUT2D eigenvalue weighted by atomic mass is 10.1. The molecule has 0 fully saturated rings. The highest BCUT2D eigenvalue weighted by atomic mass is 35.5. The number of ether oxygens (including phenoxy) is 1. The molecule has 1 aromatic rings. The molecule has 15 heavy (non-hydrogen) atoms. The first-order valence-electron chi connectivity index (χ1n) is 3.98. The van der Waals surface area contributed by atoms with E-state index in [0.717, 1.165) is 6.07 Å². The summed E-state index contributed by atoms with van der Waals surface area (Å²) < 4.78 is 18.0. The summed E-state index contributed by atoms with van der Waals surface area (Å²) in [4.78, 5) is 10.6. The van der Waals surface area contributed by atoms with Gasteiger partial charge in [-0.05, 0) is 12.1 Å². The number of methoxy groups -OCH3 is 1. The predicted molar refractivity (Wildman–Crippen MR) is 52.5 cm³/mol. The van der Waals surface area contributed by atoms with E-state index in [2.05, 4.69) is 0 Å². The first kappa shape index (κ1) is 11.7. The molecule has 0 heterocycles. The molecular formula is C9H9ClFNO3. The summed E-state index contributed by atoms with van der Waals surface area (Å²) in [7, 11) is 1.23. The molecule has 0 aromatic heterocycles. The summed E-state index contributed by atoms with van der Waals surface area (Å²) in [6.07, 6.45) is 0. The Hall–Kier alpha value is -1.33. The number of carboxylic acid groups (broad SMARTS) is 1. The quantitative estimate of drug-likeness (QED) is 0.831. The maximum Gasteiger partial charge on any atom is 0.325 e. The van der Waals surface area contributed by atoms with Crippen LogP contribution in [0.4, 0.5) is 4.39 Å². The van der Waals surface area contributed by atoms with E-state index < -0.39 is 17.8 Å². The van der Waals surface area contributed by atoms with Gasteiger partial charge in [0.25, 0.3) is 0 Å². The standard InChI is InChI=1S/C9H9ClFNO3/c1-15-8-5(7(12)9(13)14)2-4(10)3-6(8)11/h2-3,7H,12H2,1H3,(H,13,14). The van der Waals surface area contributed by atoms with Crippen LogP contribution >= 0.6 is 11.6 Å². The summed E-state index contributed by atoms with van der Waals surface area (Å²) in [5, 5.41) is 8.76. The highest BCUT2D eigenvalue weighted by molar-refractivity contribution is 6.30. The smallest absolute Gasteiger partial charge is 0.325 e. The van der Waals surface area contributed by atoms with E-state index in [4.69, 9.17) is 27.2 Å². The van der Waals surface area contributed by atoms with Gasteiger partial charge in [-0.1, -0.05) is 11.6 Å². The molecule has 0 spiro atoms. The molecule has 0 radical (unpaired) electrons. The van der Waals surface area contributed by atoms with Crippen molar-refractivity contribution in [3.05, 3.63) is 28.5 Å². The summed E-state index contributed by atoms with van der Waals surface area (Å²) >= 11 is 5.58. The topological polar surface area (TPSA) is 72.5 Å². The molecule has 0 aliphatic rings. The number of carbonyl (C=O) groups is 1. The van der Waals surface area contributed by atoms with Crippen LogP contribution in [0.3, 0.4) is 0 Å². The molecule has 6 heteroatoms. The van der Waals surface area contributed by atoms with E-state index in [1.165, 1.54) is 13.2 Å². The first-order valence-corrected chi connectivity index (χ1v) is 4.36. The summed E-state index contributed by atoms with van der Waals surface area (Å²) in [6, 6.07) is 0.925. The molecule has 82 valence electrons. The largest absolute Gasteiger partial charge is 0.493 e. The number of hydrogen-bond donors (Lipinski definition) is 2. The summed E-state index contributed by atoms with van der Waals surface area (Å²) in [5.74, 6) is -2.22. The van der Waals surface area contributed by atoms with E-state index in [-0.39, 0.29) is 16.3 Å². The van der Waals surface area contributed by atoms with E-state index in [1.807, 2.05) is 0 Å². The van der Waals surface area contributed by atoms with Gasteiger partial charge in [0.15, 0.2) is 11.6 Å². The fourth-order valence-electron chi connectivity index (χ4n) is 1.16. The number of halogens is 2. The minimum atomic E-state index is -1.37. The Bertz CT molecular complexity index is 397. The number of hydrogen-bond acceptors (Lipinski definition) is 3. The molecule has 1 unspecified atom stereocenters. The molecule has 3 N–H and O–H groups in total. The van der Waals surface area contributed by atoms with Crippen LogP contribution in [0.25, 0.3) is 0 Å². The van der Waals surface area contributed by atoms with Crippen LogP contribution in [-0.4, -0.2) is 18.2 Å². The third kappa shape index (κ3) is 2.37. The normalized spacial score (nSPS) is 12.3. The lowest BCUT2D eigenvalue weighted by Crippen LogP contribution is -2.21. The van der Waals surface area contributed by atoms with Crippen LogP contribution < -0.4 is 10.5 Å². The van der Waals surface area contributed by atoms with Crippen LogP contribution in [0.2, 0.25) is 5.02 Å². The monoisotopic (exact) mass is 233 g/mol. The number of aliphatic carboxylic acids is 1. The van der Waals surface area contributed by atoms with Crippen molar-refractivity contribution in [3.63, 3.8) is 0 Å². The Kier molecular flexibility index (Phi) is 3.49. The van der Waals surface area contributed by atoms with Crippen LogP contribution in [0.1, 0.15) is 11.6 Å². The fourth-order valence-corrected chi connectivity index (χ4v) is 1.37. The summed E-state index contributed by atoms with van der Waals surface area (Å²) in [5.41, 5.74) is 5.36. The molecular weight excluding hydrogens is 225 g/mol. The number of benzene rings is 1. The summed E-state index contributed by atoms with van der Waals surface area (Å²) in [6.45, 7) is 0. The van der Waals surface area contributed by atoms with Crippen molar-refractivity contribution >= 4 is 17.6 Å². The van der Waals surface area contributed by atoms with Crippen molar-refractivity contribution in [1.29, 1.82) is 0 Å². The van der Waals surface area contributed by atoms with Gasteiger partial charge < -0.3 is 15.6 Å². The van der Waals surface area contributed by atoms with Crippen molar-refractivity contribution in [3.8, 4) is 5.75 Å². The van der Waals surface area contributed by atoms with Crippen molar-refractivity contribution < 1.29 is 19.0 Å². The lowest BCUT2D eigenvalue weighted by Gasteiger charge is -2.13. The van der Waals surface area contributed by atoms with Gasteiger partial charge in [-0.3, -0.25) is 4.79 Å². The van der Waals surface area contributed by atoms with Crippen molar-refractivity contribution in [1.82, 2.24) is 0 Å². The molecule has 0 aliphatic carbocycles. The van der Waals surface area contributed by atoms with E-state index in [1.54, 1.807) is 0 Å². The first-order chi connectivity index (χ1) is 6.97. The number of rotatable bonds is 3. The van der Waals surface area contributed by atoms with Gasteiger partial charge in [0.2, 0.25) is 0 Å². The van der Waals surface area contributed by atoms with Crippen molar-refractivity contribution in [2.75, 3.05) is 7.11 Å². The van der Waals surface area contributed by atoms with Crippen LogP contribution in [0.5, 0.6) is 5.75 Å². The number of carboxylic acids is 1. The van der Waals surface area contributed by atoms with Crippen molar-refractivity contribution in [2.24, 2.45) is 5.73 Å². The molecule has 0 aliphatic heterocycles. The van der Waals surface area contributed by atoms with Crippen LogP contribution in [-0.2, 0) is 4.79 Å². The molecule has 0 saturated heterocycles. The van der Waals surface area contributed by atoms with Gasteiger partial charge >= 0.3 is 5.97 Å². The molecule has 1 rings (SSSR count). The SMILES string of the molecule is COc1c(F)cc(Cl)cc1C(N)C(=O)O. The van der Waals surface area contributed by atoms with Gasteiger partial charge in [-0.25, -0.2) is 4.39 Å². The van der Waals surface area contributed by atoms with Gasteiger partial charge in [0.05, 0.1) is 7.11 Å². The average molecular weight is 234 g/mol. The van der Waals surface area contributed by atoms with E-state index in [9.17, 15) is 9.18 Å². The molecule has 0 amide bonds. The zero-order valence-electron chi connectivity index (χ0n) is 7.83. The highest BCUT2D eigenvalue weighted by Gasteiger charge is 2.22. The van der Waals surface area contributed by atoms with Gasteiger partial charge in [0.1, 0.15) is 6.04 Å². The third-order valence-corrected chi connectivity index (χ3v) is 2.06. The Morgan fingerprint density at radius 1 is 1.67 bits per heavy atom. The maximum absolute atomic E-state index is 13.3. The zero-order chi connectivity index (χ0) is 11.6. The van der Waals surface area contributed by atoms with Crippen LogP contribution in [0.15, 0.2) is 12.1 Å². The minimum absolute atomic E-state index is 0.00926. The van der Waals surface area contributed by atoms with Gasteiger partial charge in [-0.15, -0.1) is 0 Å². The molecule has 0 bridgehead atoms. The van der Waals surface area contributed by atoms with Crippen LogP contribution in [0, 0.1) is 5.82 Å². The lowest BCUT2D eigenvalue weighted by molar-refractivity contribution is -0.138. The van der Waals surface area contributed by atoms with Crippen molar-refractivity contribution in [2.45, 2.75) is 6.04 Å². The molecule has 0 saturated carbocycles. The van der Waals surface area contributed by atoms with E-state index >= 15 is 0 Å². The highest BCUT2D eigenvalue weighted by Crippen LogP contribution is 2.30. The van der Waals surface area contributed by atoms with Gasteiger partial charge in [0, 0.05) is 10.6 Å². The second kappa shape index (κ2) is 4.46. The molecule has 1 atom stereocenters. The number of nitrogens with two attached hydrogens (primary N) is 1. The zero-order valence-corrected chi connectivity index (χ0v) is 8.58. The Labute approximate surface area is 90.4 Å². The Morgan fingerprint density at radius 2 is 2.27 bits per heavy atom. The molecule has 4 nitrogen and oxygen atoms in total. The second-order valence-electron chi connectivity index (χ2n) is 2.83. The third-order valence-electron chi connectivity index (χ3n) is 1.84. The van der Waals surface area contributed by atoms with E-state index in [0.29, 0.717) is 0 Å². The maximum atomic E-state index is 13.3. The molecule has 1 aromatic carbocycles. The van der Waals surface area contributed by atoms with Gasteiger partial charge in [-0.2, -0.15) is 0 Å². The predicted octanol–water partition coefficient (Wildman–Crippen LogP) is 1.57. The Balaban J connectivity index is 3.32.